The average Bonchev–Trinajstić information content (AvgIpc) is 2.11. The van der Waals surface area contributed by atoms with Crippen LogP contribution in [0.5, 0.6) is 11.5 Å². The quantitative estimate of drug-likeness (QED) is 0.669. The van der Waals surface area contributed by atoms with Crippen molar-refractivity contribution < 1.29 is 19.7 Å². The van der Waals surface area contributed by atoms with Crippen molar-refractivity contribution in [2.45, 2.75) is 6.92 Å². The number of nitrogens with zero attached hydrogens (tertiary/aromatic N) is 1. The van der Waals surface area contributed by atoms with Gasteiger partial charge in [0.1, 0.15) is 0 Å². The lowest BCUT2D eigenvalue weighted by molar-refractivity contribution is -0.122. The second-order valence-corrected chi connectivity index (χ2v) is 1.88. The highest BCUT2D eigenvalue weighted by molar-refractivity contribution is 5.34. The second-order valence-electron chi connectivity index (χ2n) is 1.88. The van der Waals surface area contributed by atoms with Gasteiger partial charge in [-0.25, -0.2) is 0 Å². The highest BCUT2D eigenvalue weighted by atomic mass is 16.5. The molecule has 72 valence electrons. The van der Waals surface area contributed by atoms with Gasteiger partial charge in [0, 0.05) is 12.3 Å². The first-order chi connectivity index (χ1) is 6.26. The number of aromatic nitrogens is 1. The third-order valence-electron chi connectivity index (χ3n) is 1.06. The third-order valence-corrected chi connectivity index (χ3v) is 1.06. The lowest BCUT2D eigenvalue weighted by Gasteiger charge is -2.02. The lowest BCUT2D eigenvalue weighted by Crippen LogP contribution is -1.91. The van der Waals surface area contributed by atoms with Gasteiger partial charge < -0.3 is 14.9 Å². The van der Waals surface area contributed by atoms with Gasteiger partial charge >= 0.3 is 0 Å². The molecule has 0 saturated carbocycles. The van der Waals surface area contributed by atoms with Gasteiger partial charge in [-0.3, -0.25) is 9.78 Å². The molecule has 0 amide bonds. The van der Waals surface area contributed by atoms with Crippen molar-refractivity contribution in [3.8, 4) is 11.5 Å². The number of rotatable bonds is 2. The number of ether oxygens (including phenoxy) is 1. The molecule has 0 radical (unpaired) electrons. The average molecular weight is 185 g/mol. The Labute approximate surface area is 75.6 Å². The van der Waals surface area contributed by atoms with E-state index in [9.17, 15) is 0 Å². The zero-order chi connectivity index (χ0) is 10.1. The Balaban J connectivity index is 0.000000424. The molecule has 0 aliphatic carbocycles. The van der Waals surface area contributed by atoms with E-state index < -0.39 is 0 Å². The van der Waals surface area contributed by atoms with E-state index in [1.807, 2.05) is 6.92 Å². The summed E-state index contributed by atoms with van der Waals surface area (Å²) in [6.45, 7) is 2.16. The molecule has 0 saturated heterocycles. The van der Waals surface area contributed by atoms with E-state index in [0.717, 1.165) is 0 Å². The van der Waals surface area contributed by atoms with Crippen molar-refractivity contribution in [2.75, 3.05) is 6.61 Å². The molecular formula is C8H11NO4. The smallest absolute Gasteiger partial charge is 0.290 e. The molecule has 1 rings (SSSR count). The van der Waals surface area contributed by atoms with Crippen LogP contribution < -0.4 is 4.74 Å². The molecule has 0 fully saturated rings. The van der Waals surface area contributed by atoms with Crippen LogP contribution in [-0.4, -0.2) is 28.3 Å². The van der Waals surface area contributed by atoms with Crippen LogP contribution >= 0.6 is 0 Å². The number of hydrogen-bond acceptors (Lipinski definition) is 4. The zero-order valence-corrected chi connectivity index (χ0v) is 7.17. The molecular weight excluding hydrogens is 174 g/mol. The largest absolute Gasteiger partial charge is 0.503 e. The number of hydrogen-bond donors (Lipinski definition) is 2. The van der Waals surface area contributed by atoms with Crippen LogP contribution in [0.2, 0.25) is 0 Å². The topological polar surface area (TPSA) is 79.7 Å². The molecule has 2 N–H and O–H groups in total. The first-order valence-corrected chi connectivity index (χ1v) is 3.59. The molecule has 0 aliphatic heterocycles. The van der Waals surface area contributed by atoms with Gasteiger partial charge in [0.25, 0.3) is 6.47 Å². The molecule has 0 spiro atoms. The third kappa shape index (κ3) is 4.62. The van der Waals surface area contributed by atoms with Crippen LogP contribution in [-0.2, 0) is 4.79 Å². The molecule has 1 heterocycles. The summed E-state index contributed by atoms with van der Waals surface area (Å²) in [5.41, 5.74) is 0. The van der Waals surface area contributed by atoms with Gasteiger partial charge in [0.05, 0.1) is 12.8 Å². The van der Waals surface area contributed by atoms with Gasteiger partial charge in [0.15, 0.2) is 11.5 Å². The Morgan fingerprint density at radius 2 is 2.31 bits per heavy atom. The van der Waals surface area contributed by atoms with Gasteiger partial charge in [-0.2, -0.15) is 0 Å². The molecule has 5 nitrogen and oxygen atoms in total. The summed E-state index contributed by atoms with van der Waals surface area (Å²) in [5.74, 6) is 0.571. The molecule has 0 atom stereocenters. The molecule has 0 bridgehead atoms. The Morgan fingerprint density at radius 3 is 2.77 bits per heavy atom. The van der Waals surface area contributed by atoms with Crippen LogP contribution in [0.15, 0.2) is 18.5 Å². The number of pyridine rings is 1. The van der Waals surface area contributed by atoms with Crippen molar-refractivity contribution in [2.24, 2.45) is 0 Å². The van der Waals surface area contributed by atoms with Crippen molar-refractivity contribution >= 4 is 6.47 Å². The SMILES string of the molecule is CCOc1ccncc1O.O=CO. The summed E-state index contributed by atoms with van der Waals surface area (Å²) in [5, 5.41) is 15.9. The number of carbonyl (C=O) groups is 1. The molecule has 1 aromatic rings. The van der Waals surface area contributed by atoms with Crippen molar-refractivity contribution in [3.63, 3.8) is 0 Å². The molecule has 0 aromatic carbocycles. The van der Waals surface area contributed by atoms with E-state index >= 15 is 0 Å². The second kappa shape index (κ2) is 6.90. The van der Waals surface area contributed by atoms with Crippen LogP contribution in [0.3, 0.4) is 0 Å². The van der Waals surface area contributed by atoms with Gasteiger partial charge in [-0.05, 0) is 6.92 Å². The Hall–Kier alpha value is -1.78. The van der Waals surface area contributed by atoms with Crippen LogP contribution in [0.1, 0.15) is 6.92 Å². The number of carboxylic acid groups (broad SMARTS) is 1. The molecule has 1 aromatic heterocycles. The van der Waals surface area contributed by atoms with E-state index in [-0.39, 0.29) is 12.2 Å². The Bertz CT molecular complexity index is 252. The van der Waals surface area contributed by atoms with Crippen LogP contribution in [0.25, 0.3) is 0 Å². The predicted molar refractivity (Wildman–Crippen MR) is 45.8 cm³/mol. The van der Waals surface area contributed by atoms with Crippen molar-refractivity contribution in [3.05, 3.63) is 18.5 Å². The van der Waals surface area contributed by atoms with Crippen LogP contribution in [0.4, 0.5) is 0 Å². The monoisotopic (exact) mass is 185 g/mol. The summed E-state index contributed by atoms with van der Waals surface area (Å²) >= 11 is 0. The van der Waals surface area contributed by atoms with E-state index in [4.69, 9.17) is 19.7 Å². The highest BCUT2D eigenvalue weighted by Crippen LogP contribution is 2.22. The Morgan fingerprint density at radius 1 is 1.69 bits per heavy atom. The van der Waals surface area contributed by atoms with Gasteiger partial charge in [-0.15, -0.1) is 0 Å². The number of aromatic hydroxyl groups is 1. The maximum atomic E-state index is 9.05. The maximum absolute atomic E-state index is 9.05. The van der Waals surface area contributed by atoms with Crippen molar-refractivity contribution in [1.29, 1.82) is 0 Å². The normalized spacial score (nSPS) is 8.08. The van der Waals surface area contributed by atoms with Crippen LogP contribution in [0, 0.1) is 0 Å². The molecule has 0 aliphatic rings. The highest BCUT2D eigenvalue weighted by Gasteiger charge is 1.97. The minimum Gasteiger partial charge on any atom is -0.503 e. The standard InChI is InChI=1S/C7H9NO2.CH2O2/c1-2-10-7-3-4-8-5-6(7)9;2-1-3/h3-5,9H,2H2,1H3;1H,(H,2,3). The molecule has 5 heteroatoms. The fraction of sp³-hybridized carbons (Fsp3) is 0.250. The van der Waals surface area contributed by atoms with E-state index in [1.165, 1.54) is 6.20 Å². The van der Waals surface area contributed by atoms with E-state index in [2.05, 4.69) is 4.98 Å². The van der Waals surface area contributed by atoms with Crippen molar-refractivity contribution in [1.82, 2.24) is 4.98 Å². The lowest BCUT2D eigenvalue weighted by atomic mass is 10.4. The summed E-state index contributed by atoms with van der Waals surface area (Å²) < 4.78 is 5.05. The summed E-state index contributed by atoms with van der Waals surface area (Å²) in [6.07, 6.45) is 2.93. The minimum atomic E-state index is -0.250. The maximum Gasteiger partial charge on any atom is 0.290 e. The fourth-order valence-electron chi connectivity index (χ4n) is 0.651. The predicted octanol–water partition coefficient (Wildman–Crippen LogP) is 0.887. The molecule has 13 heavy (non-hydrogen) atoms. The summed E-state index contributed by atoms with van der Waals surface area (Å²) in [6, 6.07) is 1.62. The summed E-state index contributed by atoms with van der Waals surface area (Å²) in [7, 11) is 0. The summed E-state index contributed by atoms with van der Waals surface area (Å²) in [4.78, 5) is 12.1. The minimum absolute atomic E-state index is 0.0874. The van der Waals surface area contributed by atoms with Gasteiger partial charge in [0.2, 0.25) is 0 Å². The first-order valence-electron chi connectivity index (χ1n) is 3.59. The Kier molecular flexibility index (Phi) is 5.96. The fourth-order valence-corrected chi connectivity index (χ4v) is 0.651. The first kappa shape index (κ1) is 11.2. The van der Waals surface area contributed by atoms with Gasteiger partial charge in [-0.1, -0.05) is 0 Å². The van der Waals surface area contributed by atoms with E-state index in [0.29, 0.717) is 12.4 Å². The van der Waals surface area contributed by atoms with E-state index in [1.54, 1.807) is 12.3 Å². The zero-order valence-electron chi connectivity index (χ0n) is 7.17. The molecule has 0 unspecified atom stereocenters.